The van der Waals surface area contributed by atoms with Crippen LogP contribution in [0.25, 0.3) is 0 Å². The summed E-state index contributed by atoms with van der Waals surface area (Å²) >= 11 is 0. The number of hydrogen-bond donors (Lipinski definition) is 1. The minimum atomic E-state index is -0.435. The molecule has 3 rings (SSSR count). The quantitative estimate of drug-likeness (QED) is 0.585. The van der Waals surface area contributed by atoms with E-state index in [-0.39, 0.29) is 17.8 Å². The first-order chi connectivity index (χ1) is 12.1. The van der Waals surface area contributed by atoms with Crippen LogP contribution in [0.1, 0.15) is 31.7 Å². The van der Waals surface area contributed by atoms with Crippen molar-refractivity contribution in [2.75, 3.05) is 17.3 Å². The van der Waals surface area contributed by atoms with Crippen molar-refractivity contribution >= 4 is 17.5 Å². The van der Waals surface area contributed by atoms with Crippen molar-refractivity contribution in [3.63, 3.8) is 0 Å². The Morgan fingerprint density at radius 1 is 1.36 bits per heavy atom. The maximum atomic E-state index is 11.2. The maximum absolute atomic E-state index is 11.2. The summed E-state index contributed by atoms with van der Waals surface area (Å²) in [6.07, 6.45) is 5.16. The standard InChI is InChI=1S/C18H23N5O2/c1-3-15(11-13-7-5-4-6-8-13)22(2)18-19-12-16(23(24)25)17(21-18)20-14-9-10-14/h4-8,12,14-15H,3,9-11H2,1-2H3,(H,19,20,21)/t15-/m1/s1. The van der Waals surface area contributed by atoms with Gasteiger partial charge in [-0.2, -0.15) is 4.98 Å². The van der Waals surface area contributed by atoms with Gasteiger partial charge in [0.05, 0.1) is 4.92 Å². The number of anilines is 2. The van der Waals surface area contributed by atoms with Gasteiger partial charge in [-0.25, -0.2) is 4.98 Å². The molecule has 1 fully saturated rings. The number of likely N-dealkylation sites (N-methyl/N-ethyl adjacent to an activating group) is 1. The molecular formula is C18H23N5O2. The van der Waals surface area contributed by atoms with E-state index in [1.54, 1.807) is 0 Å². The monoisotopic (exact) mass is 341 g/mol. The van der Waals surface area contributed by atoms with Gasteiger partial charge in [-0.15, -0.1) is 0 Å². The van der Waals surface area contributed by atoms with Crippen LogP contribution in [0.2, 0.25) is 0 Å². The van der Waals surface area contributed by atoms with Gasteiger partial charge >= 0.3 is 5.69 Å². The predicted octanol–water partition coefficient (Wildman–Crippen LogP) is 3.42. The number of nitrogens with zero attached hydrogens (tertiary/aromatic N) is 4. The number of nitro groups is 1. The average Bonchev–Trinajstić information content (AvgIpc) is 3.43. The summed E-state index contributed by atoms with van der Waals surface area (Å²) in [5.74, 6) is 0.829. The summed E-state index contributed by atoms with van der Waals surface area (Å²) in [7, 11) is 1.94. The molecule has 25 heavy (non-hydrogen) atoms. The first-order valence-corrected chi connectivity index (χ1v) is 8.63. The molecule has 0 unspecified atom stereocenters. The zero-order valence-corrected chi connectivity index (χ0v) is 14.6. The Labute approximate surface area is 147 Å². The lowest BCUT2D eigenvalue weighted by molar-refractivity contribution is -0.384. The molecule has 0 bridgehead atoms. The van der Waals surface area contributed by atoms with E-state index in [4.69, 9.17) is 0 Å². The largest absolute Gasteiger partial charge is 0.361 e. The van der Waals surface area contributed by atoms with Crippen LogP contribution in [0.4, 0.5) is 17.5 Å². The molecule has 1 saturated carbocycles. The van der Waals surface area contributed by atoms with Crippen molar-refractivity contribution < 1.29 is 4.92 Å². The Bertz CT molecular complexity index is 734. The van der Waals surface area contributed by atoms with Gasteiger partial charge in [0.2, 0.25) is 11.8 Å². The van der Waals surface area contributed by atoms with Gasteiger partial charge in [0, 0.05) is 19.1 Å². The van der Waals surface area contributed by atoms with E-state index in [1.807, 2.05) is 30.1 Å². The third kappa shape index (κ3) is 4.23. The Kier molecular flexibility index (Phi) is 5.11. The molecule has 7 heteroatoms. The molecule has 1 heterocycles. The molecular weight excluding hydrogens is 318 g/mol. The van der Waals surface area contributed by atoms with Gasteiger partial charge in [-0.1, -0.05) is 37.3 Å². The zero-order valence-electron chi connectivity index (χ0n) is 14.6. The highest BCUT2D eigenvalue weighted by atomic mass is 16.6. The van der Waals surface area contributed by atoms with E-state index in [2.05, 4.69) is 34.3 Å². The van der Waals surface area contributed by atoms with Crippen molar-refractivity contribution in [1.82, 2.24) is 9.97 Å². The highest BCUT2D eigenvalue weighted by Crippen LogP contribution is 2.30. The summed E-state index contributed by atoms with van der Waals surface area (Å²) in [6, 6.07) is 10.8. The molecule has 7 nitrogen and oxygen atoms in total. The van der Waals surface area contributed by atoms with Crippen molar-refractivity contribution in [1.29, 1.82) is 0 Å². The van der Waals surface area contributed by atoms with E-state index < -0.39 is 4.92 Å². The van der Waals surface area contributed by atoms with Crippen LogP contribution >= 0.6 is 0 Å². The van der Waals surface area contributed by atoms with Crippen molar-refractivity contribution in [2.45, 2.75) is 44.7 Å². The number of benzene rings is 1. The van der Waals surface area contributed by atoms with E-state index >= 15 is 0 Å². The number of aromatic nitrogens is 2. The molecule has 0 spiro atoms. The smallest absolute Gasteiger partial charge is 0.329 e. The minimum Gasteiger partial charge on any atom is -0.361 e. The van der Waals surface area contributed by atoms with Crippen LogP contribution in [0.5, 0.6) is 0 Å². The second-order valence-electron chi connectivity index (χ2n) is 6.44. The van der Waals surface area contributed by atoms with Crippen LogP contribution in [0.15, 0.2) is 36.5 Å². The van der Waals surface area contributed by atoms with E-state index in [1.165, 1.54) is 11.8 Å². The Morgan fingerprint density at radius 2 is 2.08 bits per heavy atom. The number of rotatable bonds is 8. The minimum absolute atomic E-state index is 0.0693. The summed E-state index contributed by atoms with van der Waals surface area (Å²) in [5, 5.41) is 14.4. The lowest BCUT2D eigenvalue weighted by Crippen LogP contribution is -2.34. The van der Waals surface area contributed by atoms with Crippen molar-refractivity contribution in [3.05, 3.63) is 52.2 Å². The highest BCUT2D eigenvalue weighted by molar-refractivity contribution is 5.58. The third-order valence-corrected chi connectivity index (χ3v) is 4.52. The Morgan fingerprint density at radius 3 is 2.68 bits per heavy atom. The summed E-state index contributed by atoms with van der Waals surface area (Å²) < 4.78 is 0. The molecule has 1 aliphatic rings. The number of nitrogens with one attached hydrogen (secondary N) is 1. The van der Waals surface area contributed by atoms with Gasteiger partial charge in [0.25, 0.3) is 0 Å². The second-order valence-corrected chi connectivity index (χ2v) is 6.44. The maximum Gasteiger partial charge on any atom is 0.329 e. The molecule has 1 aromatic carbocycles. The summed E-state index contributed by atoms with van der Waals surface area (Å²) in [6.45, 7) is 2.12. The topological polar surface area (TPSA) is 84.2 Å². The Balaban J connectivity index is 1.81. The molecule has 0 radical (unpaired) electrons. The zero-order chi connectivity index (χ0) is 17.8. The van der Waals surface area contributed by atoms with Crippen LogP contribution < -0.4 is 10.2 Å². The first kappa shape index (κ1) is 17.1. The second kappa shape index (κ2) is 7.46. The normalized spacial score (nSPS) is 14.8. The predicted molar refractivity (Wildman–Crippen MR) is 98.0 cm³/mol. The van der Waals surface area contributed by atoms with E-state index in [0.29, 0.717) is 11.8 Å². The fourth-order valence-corrected chi connectivity index (χ4v) is 2.80. The van der Waals surface area contributed by atoms with E-state index in [9.17, 15) is 10.1 Å². The third-order valence-electron chi connectivity index (χ3n) is 4.52. The highest BCUT2D eigenvalue weighted by Gasteiger charge is 2.27. The molecule has 1 atom stereocenters. The fraction of sp³-hybridized carbons (Fsp3) is 0.444. The van der Waals surface area contributed by atoms with Crippen molar-refractivity contribution in [3.8, 4) is 0 Å². The lowest BCUT2D eigenvalue weighted by Gasteiger charge is -2.27. The van der Waals surface area contributed by atoms with Gasteiger partial charge < -0.3 is 10.2 Å². The lowest BCUT2D eigenvalue weighted by atomic mass is 10.0. The average molecular weight is 341 g/mol. The molecule has 0 amide bonds. The first-order valence-electron chi connectivity index (χ1n) is 8.63. The van der Waals surface area contributed by atoms with E-state index in [0.717, 1.165) is 25.7 Å². The molecule has 2 aromatic rings. The Hall–Kier alpha value is -2.70. The van der Waals surface area contributed by atoms with Crippen LogP contribution in [0.3, 0.4) is 0 Å². The van der Waals surface area contributed by atoms with Crippen LogP contribution in [-0.4, -0.2) is 34.0 Å². The molecule has 1 aromatic heterocycles. The number of hydrogen-bond acceptors (Lipinski definition) is 6. The van der Waals surface area contributed by atoms with Gasteiger partial charge in [-0.3, -0.25) is 10.1 Å². The molecule has 132 valence electrons. The van der Waals surface area contributed by atoms with Crippen molar-refractivity contribution in [2.24, 2.45) is 0 Å². The summed E-state index contributed by atoms with van der Waals surface area (Å²) in [5.41, 5.74) is 1.18. The van der Waals surface area contributed by atoms with Gasteiger partial charge in [0.15, 0.2) is 0 Å². The molecule has 0 saturated heterocycles. The SMILES string of the molecule is CC[C@H](Cc1ccccc1)N(C)c1ncc([N+](=O)[O-])c(NC2CC2)n1. The summed E-state index contributed by atoms with van der Waals surface area (Å²) in [4.78, 5) is 21.5. The van der Waals surface area contributed by atoms with Crippen LogP contribution in [0, 0.1) is 10.1 Å². The molecule has 1 aliphatic carbocycles. The van der Waals surface area contributed by atoms with Gasteiger partial charge in [-0.05, 0) is 31.2 Å². The van der Waals surface area contributed by atoms with Gasteiger partial charge in [0.1, 0.15) is 6.20 Å². The molecule has 1 N–H and O–H groups in total. The van der Waals surface area contributed by atoms with Crippen LogP contribution in [-0.2, 0) is 6.42 Å². The fourth-order valence-electron chi connectivity index (χ4n) is 2.80. The molecule has 0 aliphatic heterocycles.